The van der Waals surface area contributed by atoms with Gasteiger partial charge in [-0.3, -0.25) is 4.79 Å². The summed E-state index contributed by atoms with van der Waals surface area (Å²) in [6.07, 6.45) is 0.655. The summed E-state index contributed by atoms with van der Waals surface area (Å²) in [6.45, 7) is 5.95. The van der Waals surface area contributed by atoms with Crippen LogP contribution in [-0.2, 0) is 11.2 Å². The number of amides is 1. The van der Waals surface area contributed by atoms with Crippen molar-refractivity contribution >= 4 is 18.3 Å². The molecule has 0 radical (unpaired) electrons. The molecule has 1 fully saturated rings. The van der Waals surface area contributed by atoms with Gasteiger partial charge in [-0.15, -0.1) is 12.4 Å². The van der Waals surface area contributed by atoms with E-state index in [0.717, 1.165) is 18.5 Å². The summed E-state index contributed by atoms with van der Waals surface area (Å²) in [4.78, 5) is 12.1. The van der Waals surface area contributed by atoms with Crippen molar-refractivity contribution in [1.82, 2.24) is 10.6 Å². The standard InChI is InChI=1S/C16H24N2O2.ClH/c1-3-12-4-6-13(7-5-12)11(2)16(20)18-9-14-8-17-10-15(14)19;/h4-7,11,14-15,17,19H,3,8-10H2,1-2H3,(H,18,20);1H. The van der Waals surface area contributed by atoms with Gasteiger partial charge in [0.25, 0.3) is 0 Å². The number of β-amino-alcohol motifs (C(OH)–C–C–N with tert-alkyl or cyclic N) is 1. The minimum absolute atomic E-state index is 0. The molecule has 0 aliphatic carbocycles. The third kappa shape index (κ3) is 4.70. The highest BCUT2D eigenvalue weighted by Gasteiger charge is 2.25. The zero-order valence-corrected chi connectivity index (χ0v) is 13.5. The van der Waals surface area contributed by atoms with Crippen molar-refractivity contribution in [3.8, 4) is 0 Å². The predicted octanol–water partition coefficient (Wildman–Crippen LogP) is 1.47. The molecule has 2 rings (SSSR count). The van der Waals surface area contributed by atoms with Gasteiger partial charge in [0.05, 0.1) is 12.0 Å². The first-order valence-electron chi connectivity index (χ1n) is 7.37. The van der Waals surface area contributed by atoms with Gasteiger partial charge in [0.2, 0.25) is 5.91 Å². The molecule has 4 nitrogen and oxygen atoms in total. The molecule has 1 aromatic rings. The monoisotopic (exact) mass is 312 g/mol. The predicted molar refractivity (Wildman–Crippen MR) is 86.9 cm³/mol. The van der Waals surface area contributed by atoms with Crippen LogP contribution >= 0.6 is 12.4 Å². The fraction of sp³-hybridized carbons (Fsp3) is 0.562. The lowest BCUT2D eigenvalue weighted by atomic mass is 9.98. The maximum atomic E-state index is 12.1. The summed E-state index contributed by atoms with van der Waals surface area (Å²) < 4.78 is 0. The number of aliphatic hydroxyl groups is 1. The van der Waals surface area contributed by atoms with Crippen LogP contribution in [0.5, 0.6) is 0 Å². The number of nitrogens with one attached hydrogen (secondary N) is 2. The summed E-state index contributed by atoms with van der Waals surface area (Å²) in [6, 6.07) is 8.19. The Bertz CT molecular complexity index is 450. The average molecular weight is 313 g/mol. The lowest BCUT2D eigenvalue weighted by Crippen LogP contribution is -2.36. The summed E-state index contributed by atoms with van der Waals surface area (Å²) in [5, 5.41) is 15.8. The first-order valence-corrected chi connectivity index (χ1v) is 7.37. The molecular formula is C16H25ClN2O2. The van der Waals surface area contributed by atoms with Gasteiger partial charge in [0, 0.05) is 25.6 Å². The van der Waals surface area contributed by atoms with Crippen molar-refractivity contribution in [3.63, 3.8) is 0 Å². The first-order chi connectivity index (χ1) is 9.61. The Morgan fingerprint density at radius 1 is 1.38 bits per heavy atom. The van der Waals surface area contributed by atoms with E-state index >= 15 is 0 Å². The fourth-order valence-electron chi connectivity index (χ4n) is 2.51. The number of hydrogen-bond donors (Lipinski definition) is 3. The normalized spacial score (nSPS) is 22.4. The number of rotatable bonds is 5. The Balaban J connectivity index is 0.00000220. The highest BCUT2D eigenvalue weighted by molar-refractivity contribution is 5.85. The van der Waals surface area contributed by atoms with E-state index in [0.29, 0.717) is 13.1 Å². The molecular weight excluding hydrogens is 288 g/mol. The van der Waals surface area contributed by atoms with Crippen molar-refractivity contribution in [2.75, 3.05) is 19.6 Å². The maximum Gasteiger partial charge on any atom is 0.227 e. The van der Waals surface area contributed by atoms with Crippen LogP contribution < -0.4 is 10.6 Å². The minimum atomic E-state index is -0.352. The van der Waals surface area contributed by atoms with E-state index in [1.165, 1.54) is 5.56 Å². The van der Waals surface area contributed by atoms with Gasteiger partial charge >= 0.3 is 0 Å². The first kappa shape index (κ1) is 18.0. The van der Waals surface area contributed by atoms with Gasteiger partial charge in [-0.05, 0) is 24.5 Å². The Kier molecular flexibility index (Phi) is 7.15. The number of hydrogen-bond acceptors (Lipinski definition) is 3. The van der Waals surface area contributed by atoms with Gasteiger partial charge in [0.1, 0.15) is 0 Å². The van der Waals surface area contributed by atoms with Crippen LogP contribution in [0.1, 0.15) is 30.9 Å². The molecule has 3 unspecified atom stereocenters. The number of carbonyl (C=O) groups is 1. The van der Waals surface area contributed by atoms with Crippen LogP contribution in [0.4, 0.5) is 0 Å². The number of aliphatic hydroxyl groups excluding tert-OH is 1. The highest BCUT2D eigenvalue weighted by Crippen LogP contribution is 2.17. The van der Waals surface area contributed by atoms with E-state index < -0.39 is 0 Å². The second-order valence-electron chi connectivity index (χ2n) is 5.55. The van der Waals surface area contributed by atoms with E-state index in [4.69, 9.17) is 0 Å². The lowest BCUT2D eigenvalue weighted by molar-refractivity contribution is -0.122. The molecule has 0 saturated carbocycles. The van der Waals surface area contributed by atoms with Crippen molar-refractivity contribution in [3.05, 3.63) is 35.4 Å². The molecule has 1 amide bonds. The van der Waals surface area contributed by atoms with Crippen LogP contribution in [0.15, 0.2) is 24.3 Å². The van der Waals surface area contributed by atoms with Gasteiger partial charge in [0.15, 0.2) is 0 Å². The van der Waals surface area contributed by atoms with Crippen molar-refractivity contribution in [1.29, 1.82) is 0 Å². The second-order valence-corrected chi connectivity index (χ2v) is 5.55. The molecule has 1 saturated heterocycles. The highest BCUT2D eigenvalue weighted by atomic mass is 35.5. The van der Waals surface area contributed by atoms with Crippen molar-refractivity contribution in [2.24, 2.45) is 5.92 Å². The third-order valence-corrected chi connectivity index (χ3v) is 4.12. The Morgan fingerprint density at radius 3 is 2.57 bits per heavy atom. The molecule has 21 heavy (non-hydrogen) atoms. The van der Waals surface area contributed by atoms with Crippen molar-refractivity contribution in [2.45, 2.75) is 32.3 Å². The van der Waals surface area contributed by atoms with E-state index in [2.05, 4.69) is 29.7 Å². The fourth-order valence-corrected chi connectivity index (χ4v) is 2.51. The summed E-state index contributed by atoms with van der Waals surface area (Å²) in [5.74, 6) is -0.0191. The quantitative estimate of drug-likeness (QED) is 0.771. The molecule has 0 aromatic heterocycles. The average Bonchev–Trinajstić information content (AvgIpc) is 2.89. The van der Waals surface area contributed by atoms with Crippen LogP contribution in [0.25, 0.3) is 0 Å². The van der Waals surface area contributed by atoms with Crippen LogP contribution in [0.2, 0.25) is 0 Å². The Labute approximate surface area is 132 Å². The SMILES string of the molecule is CCc1ccc(C(C)C(=O)NCC2CNCC2O)cc1.Cl. The summed E-state index contributed by atoms with van der Waals surface area (Å²) >= 11 is 0. The van der Waals surface area contributed by atoms with Crippen LogP contribution in [0, 0.1) is 5.92 Å². The number of halogens is 1. The Hall–Kier alpha value is -1.10. The van der Waals surface area contributed by atoms with Crippen molar-refractivity contribution < 1.29 is 9.90 Å². The molecule has 5 heteroatoms. The molecule has 1 heterocycles. The van der Waals surface area contributed by atoms with E-state index in [-0.39, 0.29) is 36.3 Å². The number of aryl methyl sites for hydroxylation is 1. The Morgan fingerprint density at radius 2 is 2.05 bits per heavy atom. The molecule has 3 N–H and O–H groups in total. The second kappa shape index (κ2) is 8.37. The number of benzene rings is 1. The molecule has 1 aromatic carbocycles. The maximum absolute atomic E-state index is 12.1. The van der Waals surface area contributed by atoms with Crippen LogP contribution in [0.3, 0.4) is 0 Å². The topological polar surface area (TPSA) is 61.4 Å². The smallest absolute Gasteiger partial charge is 0.227 e. The van der Waals surface area contributed by atoms with Gasteiger partial charge in [-0.2, -0.15) is 0 Å². The zero-order chi connectivity index (χ0) is 14.5. The third-order valence-electron chi connectivity index (χ3n) is 4.12. The van der Waals surface area contributed by atoms with E-state index in [9.17, 15) is 9.90 Å². The largest absolute Gasteiger partial charge is 0.391 e. The minimum Gasteiger partial charge on any atom is -0.391 e. The molecule has 0 spiro atoms. The van der Waals surface area contributed by atoms with Gasteiger partial charge in [-0.25, -0.2) is 0 Å². The molecule has 0 bridgehead atoms. The summed E-state index contributed by atoms with van der Waals surface area (Å²) in [7, 11) is 0. The van der Waals surface area contributed by atoms with E-state index in [1.807, 2.05) is 19.1 Å². The van der Waals surface area contributed by atoms with Gasteiger partial charge < -0.3 is 15.7 Å². The molecule has 1 aliphatic heterocycles. The lowest BCUT2D eigenvalue weighted by Gasteiger charge is -2.17. The van der Waals surface area contributed by atoms with Crippen LogP contribution in [-0.4, -0.2) is 36.8 Å². The van der Waals surface area contributed by atoms with Gasteiger partial charge in [-0.1, -0.05) is 31.2 Å². The zero-order valence-electron chi connectivity index (χ0n) is 12.6. The number of carbonyl (C=O) groups excluding carboxylic acids is 1. The summed E-state index contributed by atoms with van der Waals surface area (Å²) in [5.41, 5.74) is 2.31. The molecule has 3 atom stereocenters. The van der Waals surface area contributed by atoms with E-state index in [1.54, 1.807) is 0 Å². The molecule has 1 aliphatic rings. The molecule has 118 valence electrons.